The summed E-state index contributed by atoms with van der Waals surface area (Å²) < 4.78 is 7.53. The Morgan fingerprint density at radius 1 is 1.13 bits per heavy atom. The Morgan fingerprint density at radius 2 is 2.03 bits per heavy atom. The van der Waals surface area contributed by atoms with E-state index < -0.39 is 0 Å². The fraction of sp³-hybridized carbons (Fsp3) is 0.318. The second kappa shape index (κ2) is 6.84. The molecule has 0 radical (unpaired) electrons. The van der Waals surface area contributed by atoms with Crippen LogP contribution in [0.3, 0.4) is 0 Å². The molecule has 30 heavy (non-hydrogen) atoms. The van der Waals surface area contributed by atoms with Crippen molar-refractivity contribution in [2.24, 2.45) is 0 Å². The summed E-state index contributed by atoms with van der Waals surface area (Å²) in [6.07, 6.45) is 4.62. The molecule has 0 aliphatic carbocycles. The van der Waals surface area contributed by atoms with Crippen LogP contribution in [-0.4, -0.2) is 57.3 Å². The van der Waals surface area contributed by atoms with Crippen LogP contribution in [-0.2, 0) is 11.2 Å². The van der Waals surface area contributed by atoms with Crippen molar-refractivity contribution in [1.29, 1.82) is 0 Å². The summed E-state index contributed by atoms with van der Waals surface area (Å²) in [7, 11) is 0. The number of H-pyrrole nitrogens is 1. The lowest BCUT2D eigenvalue weighted by atomic mass is 10.1. The number of hydrogen-bond acceptors (Lipinski definition) is 6. The molecule has 0 spiro atoms. The Bertz CT molecular complexity index is 1190. The topological polar surface area (TPSA) is 75.1 Å². The molecule has 3 aromatic heterocycles. The molecule has 5 heterocycles. The molecule has 1 saturated heterocycles. The minimum atomic E-state index is 0.280. The molecule has 1 atom stereocenters. The second-order valence-corrected chi connectivity index (χ2v) is 7.85. The molecule has 0 saturated carbocycles. The van der Waals surface area contributed by atoms with E-state index in [1.807, 2.05) is 16.9 Å². The zero-order valence-electron chi connectivity index (χ0n) is 16.8. The molecule has 0 bridgehead atoms. The lowest BCUT2D eigenvalue weighted by molar-refractivity contribution is 0.0985. The van der Waals surface area contributed by atoms with Crippen molar-refractivity contribution in [3.8, 4) is 5.82 Å². The lowest BCUT2D eigenvalue weighted by Crippen LogP contribution is -2.44. The third kappa shape index (κ3) is 2.60. The molecule has 8 nitrogen and oxygen atoms in total. The maximum absolute atomic E-state index is 5.69. The number of nitrogens with one attached hydrogen (secondary N) is 1. The molecule has 0 amide bonds. The van der Waals surface area contributed by atoms with Gasteiger partial charge in [-0.25, -0.2) is 4.98 Å². The van der Waals surface area contributed by atoms with E-state index in [0.29, 0.717) is 0 Å². The average Bonchev–Trinajstić information content (AvgIpc) is 3.52. The Morgan fingerprint density at radius 3 is 2.83 bits per heavy atom. The number of benzene rings is 1. The van der Waals surface area contributed by atoms with Crippen molar-refractivity contribution in [2.75, 3.05) is 36.1 Å². The largest absolute Gasteiger partial charge is 0.377 e. The minimum Gasteiger partial charge on any atom is -0.377 e. The van der Waals surface area contributed by atoms with Crippen LogP contribution in [0.4, 0.5) is 17.2 Å². The number of hydrogen-bond donors (Lipinski definition) is 1. The van der Waals surface area contributed by atoms with Crippen molar-refractivity contribution in [2.45, 2.75) is 19.4 Å². The van der Waals surface area contributed by atoms with Crippen molar-refractivity contribution < 1.29 is 4.74 Å². The first-order chi connectivity index (χ1) is 14.8. The molecule has 2 aliphatic rings. The molecule has 6 rings (SSSR count). The second-order valence-electron chi connectivity index (χ2n) is 7.85. The van der Waals surface area contributed by atoms with Crippen LogP contribution in [0.2, 0.25) is 0 Å². The van der Waals surface area contributed by atoms with Crippen LogP contribution in [0.15, 0.2) is 48.8 Å². The van der Waals surface area contributed by atoms with Gasteiger partial charge in [0.05, 0.1) is 42.7 Å². The van der Waals surface area contributed by atoms with Crippen molar-refractivity contribution in [3.63, 3.8) is 0 Å². The summed E-state index contributed by atoms with van der Waals surface area (Å²) in [5.41, 5.74) is 4.54. The molecule has 4 aromatic rings. The zero-order valence-corrected chi connectivity index (χ0v) is 16.8. The number of morpholine rings is 1. The van der Waals surface area contributed by atoms with Crippen LogP contribution in [0.25, 0.3) is 16.9 Å². The first-order valence-electron chi connectivity index (χ1n) is 10.4. The first kappa shape index (κ1) is 17.5. The van der Waals surface area contributed by atoms with Crippen LogP contribution in [0.1, 0.15) is 12.5 Å². The van der Waals surface area contributed by atoms with Gasteiger partial charge in [0, 0.05) is 30.4 Å². The summed E-state index contributed by atoms with van der Waals surface area (Å²) in [4.78, 5) is 9.95. The molecule has 2 aliphatic heterocycles. The van der Waals surface area contributed by atoms with E-state index in [9.17, 15) is 0 Å². The normalized spacial score (nSPS) is 18.9. The van der Waals surface area contributed by atoms with Crippen LogP contribution in [0.5, 0.6) is 0 Å². The SMILES string of the molecule is C[C@@H]1COCCN1c1nc2c(cnn2-c2ccn[nH]2)c2c1CCN2c1ccccc1. The number of ether oxygens (including phenoxy) is 1. The van der Waals surface area contributed by atoms with Crippen molar-refractivity contribution >= 4 is 28.2 Å². The van der Waals surface area contributed by atoms with Gasteiger partial charge >= 0.3 is 0 Å². The Balaban J connectivity index is 1.60. The van der Waals surface area contributed by atoms with E-state index in [1.165, 1.54) is 16.9 Å². The molecule has 1 aromatic carbocycles. The van der Waals surface area contributed by atoms with Crippen LogP contribution >= 0.6 is 0 Å². The molecular weight excluding hydrogens is 378 g/mol. The highest BCUT2D eigenvalue weighted by molar-refractivity contribution is 5.98. The highest BCUT2D eigenvalue weighted by Gasteiger charge is 2.32. The maximum atomic E-state index is 5.69. The van der Waals surface area contributed by atoms with Gasteiger partial charge in [-0.15, -0.1) is 0 Å². The number of nitrogens with zero attached hydrogens (tertiary/aromatic N) is 6. The quantitative estimate of drug-likeness (QED) is 0.569. The summed E-state index contributed by atoms with van der Waals surface area (Å²) in [6, 6.07) is 12.7. The van der Waals surface area contributed by atoms with Crippen molar-refractivity contribution in [3.05, 3.63) is 54.4 Å². The van der Waals surface area contributed by atoms with Gasteiger partial charge in [0.1, 0.15) is 5.82 Å². The van der Waals surface area contributed by atoms with Gasteiger partial charge in [-0.3, -0.25) is 5.10 Å². The van der Waals surface area contributed by atoms with E-state index in [-0.39, 0.29) is 6.04 Å². The third-order valence-electron chi connectivity index (χ3n) is 6.04. The van der Waals surface area contributed by atoms with E-state index in [2.05, 4.69) is 62.4 Å². The molecule has 1 N–H and O–H groups in total. The number of aromatic nitrogens is 5. The van der Waals surface area contributed by atoms with Gasteiger partial charge in [-0.1, -0.05) is 18.2 Å². The summed E-state index contributed by atoms with van der Waals surface area (Å²) in [6.45, 7) is 5.42. The van der Waals surface area contributed by atoms with Gasteiger partial charge in [0.2, 0.25) is 0 Å². The number of fused-ring (bicyclic) bond motifs is 3. The van der Waals surface area contributed by atoms with E-state index in [1.54, 1.807) is 6.20 Å². The van der Waals surface area contributed by atoms with E-state index >= 15 is 0 Å². The predicted molar refractivity (Wildman–Crippen MR) is 116 cm³/mol. The van der Waals surface area contributed by atoms with Crippen molar-refractivity contribution in [1.82, 2.24) is 25.0 Å². The van der Waals surface area contributed by atoms with E-state index in [0.717, 1.165) is 55.4 Å². The summed E-state index contributed by atoms with van der Waals surface area (Å²) >= 11 is 0. The highest BCUT2D eigenvalue weighted by atomic mass is 16.5. The van der Waals surface area contributed by atoms with Gasteiger partial charge in [-0.2, -0.15) is 14.9 Å². The Labute approximate surface area is 174 Å². The third-order valence-corrected chi connectivity index (χ3v) is 6.04. The highest BCUT2D eigenvalue weighted by Crippen LogP contribution is 2.44. The fourth-order valence-corrected chi connectivity index (χ4v) is 4.62. The fourth-order valence-electron chi connectivity index (χ4n) is 4.62. The van der Waals surface area contributed by atoms with Gasteiger partial charge in [-0.05, 0) is 25.5 Å². The maximum Gasteiger partial charge on any atom is 0.169 e. The number of pyridine rings is 1. The Kier molecular flexibility index (Phi) is 3.98. The number of rotatable bonds is 3. The molecular formula is C22H23N7O. The molecule has 1 fully saturated rings. The van der Waals surface area contributed by atoms with E-state index in [4.69, 9.17) is 9.72 Å². The van der Waals surface area contributed by atoms with Gasteiger partial charge in [0.15, 0.2) is 11.5 Å². The monoisotopic (exact) mass is 401 g/mol. The number of para-hydroxylation sites is 1. The van der Waals surface area contributed by atoms with Crippen LogP contribution in [0, 0.1) is 0 Å². The number of anilines is 3. The zero-order chi connectivity index (χ0) is 20.1. The molecule has 0 unspecified atom stereocenters. The molecule has 8 heteroatoms. The van der Waals surface area contributed by atoms with Gasteiger partial charge in [0.25, 0.3) is 0 Å². The van der Waals surface area contributed by atoms with Gasteiger partial charge < -0.3 is 14.5 Å². The summed E-state index contributed by atoms with van der Waals surface area (Å²) in [5, 5.41) is 12.8. The lowest BCUT2D eigenvalue weighted by Gasteiger charge is -2.35. The smallest absolute Gasteiger partial charge is 0.169 e. The average molecular weight is 401 g/mol. The first-order valence-corrected chi connectivity index (χ1v) is 10.4. The summed E-state index contributed by atoms with van der Waals surface area (Å²) in [5.74, 6) is 1.86. The standard InChI is InChI=1S/C22H23N7O/c1-15-14-30-12-11-27(15)21-17-8-10-28(16-5-3-2-4-6-16)20(17)18-13-24-29(22(18)25-21)19-7-9-23-26-19/h2-7,9,13,15H,8,10-12,14H2,1H3,(H,23,26)/t15-/m1/s1. The molecule has 152 valence electrons. The Hall–Kier alpha value is -3.39. The minimum absolute atomic E-state index is 0.280. The number of aromatic amines is 1. The van der Waals surface area contributed by atoms with Crippen LogP contribution < -0.4 is 9.80 Å². The predicted octanol–water partition coefficient (Wildman–Crippen LogP) is 3.06.